The van der Waals surface area contributed by atoms with Gasteiger partial charge in [0.1, 0.15) is 6.33 Å². The average molecular weight is 153 g/mol. The predicted octanol–water partition coefficient (Wildman–Crippen LogP) is -0.786. The van der Waals surface area contributed by atoms with Gasteiger partial charge in [-0.3, -0.25) is 5.10 Å². The molecule has 0 radical (unpaired) electrons. The molecule has 0 spiro atoms. The third-order valence-corrected chi connectivity index (χ3v) is 1.80. The fourth-order valence-corrected chi connectivity index (χ4v) is 1.22. The molecule has 1 saturated heterocycles. The molecule has 1 aromatic rings. The summed E-state index contributed by atoms with van der Waals surface area (Å²) in [6.07, 6.45) is 1.61. The second-order valence-electron chi connectivity index (χ2n) is 2.54. The summed E-state index contributed by atoms with van der Waals surface area (Å²) in [4.78, 5) is 6.23. The van der Waals surface area contributed by atoms with Gasteiger partial charge in [0.2, 0.25) is 5.95 Å². The van der Waals surface area contributed by atoms with Crippen LogP contribution in [-0.2, 0) is 0 Å². The number of anilines is 1. The van der Waals surface area contributed by atoms with E-state index in [4.69, 9.17) is 0 Å². The van der Waals surface area contributed by atoms with Crippen LogP contribution in [0, 0.1) is 0 Å². The van der Waals surface area contributed by atoms with Crippen LogP contribution in [0.4, 0.5) is 5.95 Å². The molecule has 5 heteroatoms. The van der Waals surface area contributed by atoms with Crippen molar-refractivity contribution in [3.8, 4) is 0 Å². The van der Waals surface area contributed by atoms with Crippen molar-refractivity contribution in [3.63, 3.8) is 0 Å². The summed E-state index contributed by atoms with van der Waals surface area (Å²) in [5.41, 5.74) is 0. The van der Waals surface area contributed by atoms with Crippen molar-refractivity contribution in [1.82, 2.24) is 20.5 Å². The third-order valence-electron chi connectivity index (χ3n) is 1.80. The van der Waals surface area contributed by atoms with Crippen molar-refractivity contribution in [2.24, 2.45) is 0 Å². The molecule has 1 fully saturated rings. The summed E-state index contributed by atoms with van der Waals surface area (Å²) in [6.45, 7) is 4.04. The molecule has 2 N–H and O–H groups in total. The Hall–Kier alpha value is -1.10. The standard InChI is InChI=1S/C6H11N5/c1-3-11(4-2-7-1)6-8-5-9-10-6/h5,7H,1-4H2,(H,8,9,10). The normalized spacial score (nSPS) is 18.7. The lowest BCUT2D eigenvalue weighted by molar-refractivity contribution is 0.580. The molecule has 0 aromatic carbocycles. The van der Waals surface area contributed by atoms with E-state index >= 15 is 0 Å². The number of hydrogen-bond acceptors (Lipinski definition) is 4. The van der Waals surface area contributed by atoms with Crippen LogP contribution < -0.4 is 10.2 Å². The minimum absolute atomic E-state index is 0.812. The Morgan fingerprint density at radius 2 is 2.18 bits per heavy atom. The SMILES string of the molecule is c1nc(N2CCNCC2)n[nH]1. The van der Waals surface area contributed by atoms with Gasteiger partial charge in [0.05, 0.1) is 0 Å². The highest BCUT2D eigenvalue weighted by molar-refractivity contribution is 5.27. The summed E-state index contributed by atoms with van der Waals surface area (Å²) in [5, 5.41) is 9.98. The lowest BCUT2D eigenvalue weighted by Gasteiger charge is -2.25. The zero-order chi connectivity index (χ0) is 7.52. The topological polar surface area (TPSA) is 56.8 Å². The highest BCUT2D eigenvalue weighted by atomic mass is 15.4. The first-order valence-electron chi connectivity index (χ1n) is 3.78. The van der Waals surface area contributed by atoms with Crippen LogP contribution in [0.25, 0.3) is 0 Å². The van der Waals surface area contributed by atoms with E-state index in [1.165, 1.54) is 0 Å². The molecule has 0 unspecified atom stereocenters. The van der Waals surface area contributed by atoms with Crippen LogP contribution in [0.3, 0.4) is 0 Å². The largest absolute Gasteiger partial charge is 0.337 e. The monoisotopic (exact) mass is 153 g/mol. The fourth-order valence-electron chi connectivity index (χ4n) is 1.22. The summed E-state index contributed by atoms with van der Waals surface area (Å²) in [5.74, 6) is 0.812. The lowest BCUT2D eigenvalue weighted by Crippen LogP contribution is -2.44. The summed E-state index contributed by atoms with van der Waals surface area (Å²) >= 11 is 0. The maximum atomic E-state index is 4.07. The van der Waals surface area contributed by atoms with E-state index < -0.39 is 0 Å². The van der Waals surface area contributed by atoms with Gasteiger partial charge in [-0.05, 0) is 0 Å². The van der Waals surface area contributed by atoms with Crippen molar-refractivity contribution in [3.05, 3.63) is 6.33 Å². The van der Waals surface area contributed by atoms with E-state index in [-0.39, 0.29) is 0 Å². The molecule has 0 atom stereocenters. The number of nitrogens with zero attached hydrogens (tertiary/aromatic N) is 3. The highest BCUT2D eigenvalue weighted by Gasteiger charge is 2.12. The van der Waals surface area contributed by atoms with Gasteiger partial charge in [-0.1, -0.05) is 0 Å². The first kappa shape index (κ1) is 6.60. The fraction of sp³-hybridized carbons (Fsp3) is 0.667. The Labute approximate surface area is 64.8 Å². The van der Waals surface area contributed by atoms with Gasteiger partial charge < -0.3 is 10.2 Å². The number of rotatable bonds is 1. The van der Waals surface area contributed by atoms with E-state index in [1.54, 1.807) is 6.33 Å². The van der Waals surface area contributed by atoms with Gasteiger partial charge in [-0.15, -0.1) is 5.10 Å². The summed E-state index contributed by atoms with van der Waals surface area (Å²) in [7, 11) is 0. The number of aromatic nitrogens is 3. The number of hydrogen-bond donors (Lipinski definition) is 2. The second-order valence-corrected chi connectivity index (χ2v) is 2.54. The van der Waals surface area contributed by atoms with Crippen LogP contribution in [0.1, 0.15) is 0 Å². The first-order chi connectivity index (χ1) is 5.47. The Morgan fingerprint density at radius 1 is 1.36 bits per heavy atom. The Bertz CT molecular complexity index is 201. The minimum atomic E-state index is 0.812. The quantitative estimate of drug-likeness (QED) is 0.555. The van der Waals surface area contributed by atoms with Crippen molar-refractivity contribution in [2.45, 2.75) is 0 Å². The molecule has 1 aliphatic heterocycles. The first-order valence-corrected chi connectivity index (χ1v) is 3.78. The van der Waals surface area contributed by atoms with Crippen LogP contribution in [0.2, 0.25) is 0 Å². The number of nitrogens with one attached hydrogen (secondary N) is 2. The minimum Gasteiger partial charge on any atom is -0.337 e. The molecular formula is C6H11N5. The van der Waals surface area contributed by atoms with Crippen LogP contribution in [0.5, 0.6) is 0 Å². The summed E-state index contributed by atoms with van der Waals surface area (Å²) in [6, 6.07) is 0. The predicted molar refractivity (Wildman–Crippen MR) is 41.5 cm³/mol. The maximum absolute atomic E-state index is 4.07. The number of aromatic amines is 1. The lowest BCUT2D eigenvalue weighted by atomic mass is 10.4. The van der Waals surface area contributed by atoms with Gasteiger partial charge in [-0.25, -0.2) is 4.98 Å². The molecule has 1 aromatic heterocycles. The molecular weight excluding hydrogens is 142 g/mol. The van der Waals surface area contributed by atoms with Crippen LogP contribution >= 0.6 is 0 Å². The van der Waals surface area contributed by atoms with E-state index in [0.717, 1.165) is 32.1 Å². The maximum Gasteiger partial charge on any atom is 0.244 e. The van der Waals surface area contributed by atoms with Gasteiger partial charge in [0.15, 0.2) is 0 Å². The van der Waals surface area contributed by atoms with Gasteiger partial charge in [0.25, 0.3) is 0 Å². The van der Waals surface area contributed by atoms with Crippen molar-refractivity contribution < 1.29 is 0 Å². The third kappa shape index (κ3) is 1.32. The zero-order valence-electron chi connectivity index (χ0n) is 6.25. The van der Waals surface area contributed by atoms with Gasteiger partial charge in [-0.2, -0.15) is 0 Å². The molecule has 0 amide bonds. The van der Waals surface area contributed by atoms with Gasteiger partial charge in [0, 0.05) is 26.2 Å². The highest BCUT2D eigenvalue weighted by Crippen LogP contribution is 2.03. The van der Waals surface area contributed by atoms with Crippen molar-refractivity contribution in [1.29, 1.82) is 0 Å². The number of H-pyrrole nitrogens is 1. The van der Waals surface area contributed by atoms with Crippen LogP contribution in [0.15, 0.2) is 6.33 Å². The molecule has 5 nitrogen and oxygen atoms in total. The Balaban J connectivity index is 2.04. The van der Waals surface area contributed by atoms with Gasteiger partial charge >= 0.3 is 0 Å². The molecule has 0 saturated carbocycles. The molecule has 0 bridgehead atoms. The smallest absolute Gasteiger partial charge is 0.244 e. The Morgan fingerprint density at radius 3 is 2.82 bits per heavy atom. The van der Waals surface area contributed by atoms with E-state index in [1.807, 2.05) is 0 Å². The van der Waals surface area contributed by atoms with Crippen molar-refractivity contribution >= 4 is 5.95 Å². The molecule has 2 rings (SSSR count). The number of piperazine rings is 1. The molecule has 1 aliphatic rings. The summed E-state index contributed by atoms with van der Waals surface area (Å²) < 4.78 is 0. The zero-order valence-corrected chi connectivity index (χ0v) is 6.25. The van der Waals surface area contributed by atoms with E-state index in [9.17, 15) is 0 Å². The average Bonchev–Trinajstić information content (AvgIpc) is 2.58. The molecule has 11 heavy (non-hydrogen) atoms. The molecule has 60 valence electrons. The molecule has 2 heterocycles. The van der Waals surface area contributed by atoms with Crippen molar-refractivity contribution in [2.75, 3.05) is 31.1 Å². The molecule has 0 aliphatic carbocycles. The van der Waals surface area contributed by atoms with Crippen LogP contribution in [-0.4, -0.2) is 41.4 Å². The second kappa shape index (κ2) is 2.87. The van der Waals surface area contributed by atoms with E-state index in [2.05, 4.69) is 25.4 Å². The van der Waals surface area contributed by atoms with E-state index in [0.29, 0.717) is 0 Å². The Kier molecular flexibility index (Phi) is 1.72.